The minimum atomic E-state index is -4.96. The highest BCUT2D eigenvalue weighted by atomic mass is 31.2. The Kier molecular flexibility index (Phi) is 75.4. The number of aliphatic hydroxyl groups excluding tert-OH is 1. The molecule has 612 valence electrons. The number of carbonyl (C=O) groups excluding carboxylic acids is 4. The molecule has 0 aliphatic carbocycles. The van der Waals surface area contributed by atoms with Crippen molar-refractivity contribution in [3.8, 4) is 0 Å². The number of phosphoric acid groups is 2. The zero-order valence-electron chi connectivity index (χ0n) is 67.5. The van der Waals surface area contributed by atoms with E-state index in [4.69, 9.17) is 37.0 Å². The van der Waals surface area contributed by atoms with E-state index in [-0.39, 0.29) is 25.7 Å². The van der Waals surface area contributed by atoms with Crippen molar-refractivity contribution in [2.24, 2.45) is 5.92 Å². The van der Waals surface area contributed by atoms with Gasteiger partial charge in [0.1, 0.15) is 19.3 Å². The molecule has 0 aromatic carbocycles. The molecule has 103 heavy (non-hydrogen) atoms. The van der Waals surface area contributed by atoms with Gasteiger partial charge in [0.2, 0.25) is 0 Å². The number of esters is 4. The Morgan fingerprint density at radius 2 is 0.447 bits per heavy atom. The Hall–Kier alpha value is -1.94. The zero-order valence-corrected chi connectivity index (χ0v) is 69.3. The van der Waals surface area contributed by atoms with Crippen molar-refractivity contribution in [1.82, 2.24) is 0 Å². The predicted octanol–water partition coefficient (Wildman–Crippen LogP) is 25.6. The van der Waals surface area contributed by atoms with E-state index in [1.165, 1.54) is 263 Å². The van der Waals surface area contributed by atoms with Crippen LogP contribution < -0.4 is 0 Å². The summed E-state index contributed by atoms with van der Waals surface area (Å²) in [5.74, 6) is -1.34. The molecule has 2 unspecified atom stereocenters. The van der Waals surface area contributed by atoms with E-state index in [1.807, 2.05) is 0 Å². The van der Waals surface area contributed by atoms with Crippen LogP contribution in [0.2, 0.25) is 0 Å². The fraction of sp³-hybridized carbons (Fsp3) is 0.952. The van der Waals surface area contributed by atoms with Crippen LogP contribution in [0.25, 0.3) is 0 Å². The molecule has 5 atom stereocenters. The first kappa shape index (κ1) is 101. The maximum Gasteiger partial charge on any atom is 0.472 e. The Balaban J connectivity index is 5.15. The molecule has 19 heteroatoms. The number of rotatable bonds is 84. The van der Waals surface area contributed by atoms with Gasteiger partial charge in [-0.3, -0.25) is 37.3 Å². The summed E-state index contributed by atoms with van der Waals surface area (Å²) in [6.07, 6.45) is 69.8. The zero-order chi connectivity index (χ0) is 75.5. The molecule has 0 spiro atoms. The van der Waals surface area contributed by atoms with E-state index < -0.39 is 97.5 Å². The second-order valence-corrected chi connectivity index (χ2v) is 33.6. The van der Waals surface area contributed by atoms with Crippen LogP contribution in [0.15, 0.2) is 0 Å². The van der Waals surface area contributed by atoms with Gasteiger partial charge < -0.3 is 33.8 Å². The maximum absolute atomic E-state index is 13.1. The lowest BCUT2D eigenvalue weighted by Gasteiger charge is -2.21. The summed E-state index contributed by atoms with van der Waals surface area (Å²) < 4.78 is 68.7. The first-order chi connectivity index (χ1) is 50.0. The van der Waals surface area contributed by atoms with E-state index in [0.717, 1.165) is 109 Å². The largest absolute Gasteiger partial charge is 0.472 e. The van der Waals surface area contributed by atoms with Crippen molar-refractivity contribution in [3.05, 3.63) is 0 Å². The summed E-state index contributed by atoms with van der Waals surface area (Å²) in [5, 5.41) is 10.6. The monoisotopic (exact) mass is 1510 g/mol. The topological polar surface area (TPSA) is 237 Å². The Bertz CT molecular complexity index is 1960. The number of aliphatic hydroxyl groups is 1. The molecule has 0 radical (unpaired) electrons. The molecule has 0 rings (SSSR count). The third kappa shape index (κ3) is 78.0. The van der Waals surface area contributed by atoms with Crippen LogP contribution in [0.3, 0.4) is 0 Å². The Labute approximate surface area is 632 Å². The van der Waals surface area contributed by atoms with Crippen molar-refractivity contribution >= 4 is 39.5 Å². The molecule has 0 aliphatic heterocycles. The molecule has 0 saturated heterocycles. The summed E-state index contributed by atoms with van der Waals surface area (Å²) >= 11 is 0. The van der Waals surface area contributed by atoms with Gasteiger partial charge in [0.05, 0.1) is 26.4 Å². The molecule has 0 saturated carbocycles. The van der Waals surface area contributed by atoms with Crippen LogP contribution in [-0.2, 0) is 65.4 Å². The van der Waals surface area contributed by atoms with Crippen LogP contribution in [0.1, 0.15) is 452 Å². The van der Waals surface area contributed by atoms with Crippen LogP contribution in [0, 0.1) is 5.92 Å². The third-order valence-electron chi connectivity index (χ3n) is 19.8. The van der Waals surface area contributed by atoms with Gasteiger partial charge in [-0.25, -0.2) is 9.13 Å². The standard InChI is InChI=1S/C84H164O17P2/c1-6-9-12-15-18-20-22-24-26-28-30-32-34-36-38-40-44-48-53-58-63-68-82(87)95-74-80(101-83(88)69-64-59-54-49-45-41-39-37-35-33-31-29-27-25-23-21-19-16-13-10-7-2)76-99-103(92,93)97-72-78(85)71-96-102(90,91)98-75-79(73-94-81(86)67-62-57-51-17-14-11-8-3)100-84(89)70-65-60-55-50-46-42-43-47-52-56-61-66-77(4)5/h77-80,85H,6-76H2,1-5H3,(H,90,91)(H,92,93)/t78-,79+,80+/m0/s1. The molecule has 0 aromatic rings. The van der Waals surface area contributed by atoms with Gasteiger partial charge in [0.25, 0.3) is 0 Å². The first-order valence-corrected chi connectivity index (χ1v) is 46.6. The third-order valence-corrected chi connectivity index (χ3v) is 21.7. The molecule has 0 fully saturated rings. The fourth-order valence-electron chi connectivity index (χ4n) is 13.1. The van der Waals surface area contributed by atoms with E-state index in [0.29, 0.717) is 25.7 Å². The molecule has 0 amide bonds. The van der Waals surface area contributed by atoms with Crippen LogP contribution >= 0.6 is 15.6 Å². The molecule has 17 nitrogen and oxygen atoms in total. The lowest BCUT2D eigenvalue weighted by Crippen LogP contribution is -2.30. The number of carbonyl (C=O) groups is 4. The van der Waals surface area contributed by atoms with Crippen LogP contribution in [0.4, 0.5) is 0 Å². The summed E-state index contributed by atoms with van der Waals surface area (Å²) in [4.78, 5) is 73.0. The van der Waals surface area contributed by atoms with Gasteiger partial charge in [-0.05, 0) is 31.6 Å². The van der Waals surface area contributed by atoms with E-state index in [9.17, 15) is 43.2 Å². The van der Waals surface area contributed by atoms with Gasteiger partial charge in [-0.2, -0.15) is 0 Å². The highest BCUT2D eigenvalue weighted by Gasteiger charge is 2.30. The molecule has 0 aliphatic rings. The fourth-order valence-corrected chi connectivity index (χ4v) is 14.7. The second kappa shape index (κ2) is 76.8. The maximum atomic E-state index is 13.1. The Morgan fingerprint density at radius 3 is 0.660 bits per heavy atom. The number of hydrogen-bond donors (Lipinski definition) is 3. The molecule has 3 N–H and O–H groups in total. The normalized spacial score (nSPS) is 13.8. The molecular formula is C84H164O17P2. The average Bonchev–Trinajstić information content (AvgIpc) is 0.913. The van der Waals surface area contributed by atoms with Crippen molar-refractivity contribution in [2.75, 3.05) is 39.6 Å². The molecule has 0 heterocycles. The van der Waals surface area contributed by atoms with Crippen molar-refractivity contribution in [2.45, 2.75) is 470 Å². The minimum absolute atomic E-state index is 0.107. The van der Waals surface area contributed by atoms with Gasteiger partial charge >= 0.3 is 39.5 Å². The number of phosphoric ester groups is 2. The SMILES string of the molecule is CCCCCCCCCCCCCCCCCCCCCCCC(=O)OC[C@H](COP(=O)(O)OC[C@@H](O)COP(=O)(O)OC[C@@H](COC(=O)CCCCCCCCC)OC(=O)CCCCCCCCCCCCCC(C)C)OC(=O)CCCCCCCCCCCCCCCCCCCCCCC. The van der Waals surface area contributed by atoms with Crippen molar-refractivity contribution in [1.29, 1.82) is 0 Å². The van der Waals surface area contributed by atoms with Gasteiger partial charge in [0, 0.05) is 25.7 Å². The number of unbranched alkanes of at least 4 members (excludes halogenated alkanes) is 56. The second-order valence-electron chi connectivity index (χ2n) is 30.7. The summed E-state index contributed by atoms with van der Waals surface area (Å²) in [7, 11) is -9.92. The van der Waals surface area contributed by atoms with E-state index >= 15 is 0 Å². The van der Waals surface area contributed by atoms with Gasteiger partial charge in [-0.1, -0.05) is 401 Å². The lowest BCUT2D eigenvalue weighted by molar-refractivity contribution is -0.161. The number of hydrogen-bond acceptors (Lipinski definition) is 15. The molecule has 0 aromatic heterocycles. The van der Waals surface area contributed by atoms with E-state index in [1.54, 1.807) is 0 Å². The quantitative estimate of drug-likeness (QED) is 0.0222. The molecule has 0 bridgehead atoms. The summed E-state index contributed by atoms with van der Waals surface area (Å²) in [5.41, 5.74) is 0. The molecular weight excluding hydrogens is 1340 g/mol. The smallest absolute Gasteiger partial charge is 0.462 e. The van der Waals surface area contributed by atoms with Crippen molar-refractivity contribution < 1.29 is 80.2 Å². The number of ether oxygens (including phenoxy) is 4. The average molecular weight is 1510 g/mol. The summed E-state index contributed by atoms with van der Waals surface area (Å²) in [6.45, 7) is 7.30. The van der Waals surface area contributed by atoms with E-state index in [2.05, 4.69) is 34.6 Å². The predicted molar refractivity (Wildman–Crippen MR) is 423 cm³/mol. The Morgan fingerprint density at radius 1 is 0.262 bits per heavy atom. The highest BCUT2D eigenvalue weighted by molar-refractivity contribution is 7.47. The first-order valence-electron chi connectivity index (χ1n) is 43.6. The van der Waals surface area contributed by atoms with Crippen molar-refractivity contribution in [3.63, 3.8) is 0 Å². The van der Waals surface area contributed by atoms with Crippen LogP contribution in [0.5, 0.6) is 0 Å². The van der Waals surface area contributed by atoms with Gasteiger partial charge in [-0.15, -0.1) is 0 Å². The summed E-state index contributed by atoms with van der Waals surface area (Å²) in [6, 6.07) is 0. The van der Waals surface area contributed by atoms with Crippen LogP contribution in [-0.4, -0.2) is 96.7 Å². The van der Waals surface area contributed by atoms with Gasteiger partial charge in [0.15, 0.2) is 12.2 Å². The highest BCUT2D eigenvalue weighted by Crippen LogP contribution is 2.45. The minimum Gasteiger partial charge on any atom is -0.462 e. The lowest BCUT2D eigenvalue weighted by atomic mass is 10.0.